The SMILES string of the molecule is COc1ccc(C=CC(=O)O[C@H]2C=C(C)CCC=C(C)CC[C@H]2C(C)C)cc1O. The van der Waals surface area contributed by atoms with E-state index in [-0.39, 0.29) is 23.7 Å². The van der Waals surface area contributed by atoms with E-state index in [9.17, 15) is 9.90 Å². The van der Waals surface area contributed by atoms with Gasteiger partial charge in [-0.3, -0.25) is 0 Å². The number of phenolic OH excluding ortho intramolecular Hbond substituents is 1. The van der Waals surface area contributed by atoms with Gasteiger partial charge in [0.05, 0.1) is 7.11 Å². The number of allylic oxidation sites excluding steroid dienone is 3. The van der Waals surface area contributed by atoms with Crippen molar-refractivity contribution in [1.29, 1.82) is 0 Å². The highest BCUT2D eigenvalue weighted by Gasteiger charge is 2.26. The van der Waals surface area contributed by atoms with Crippen LogP contribution in [0.4, 0.5) is 0 Å². The predicted octanol–water partition coefficient (Wildman–Crippen LogP) is 6.06. The lowest BCUT2D eigenvalue weighted by molar-refractivity contribution is -0.143. The van der Waals surface area contributed by atoms with Crippen LogP contribution in [0.15, 0.2) is 47.6 Å². The van der Waals surface area contributed by atoms with Gasteiger partial charge in [-0.15, -0.1) is 0 Å². The summed E-state index contributed by atoms with van der Waals surface area (Å²) in [4.78, 5) is 12.5. The van der Waals surface area contributed by atoms with Gasteiger partial charge in [0.2, 0.25) is 0 Å². The Balaban J connectivity index is 2.15. The van der Waals surface area contributed by atoms with Gasteiger partial charge >= 0.3 is 5.97 Å². The molecule has 2 atom stereocenters. The predicted molar refractivity (Wildman–Crippen MR) is 118 cm³/mol. The fourth-order valence-corrected chi connectivity index (χ4v) is 3.68. The van der Waals surface area contributed by atoms with Crippen molar-refractivity contribution in [1.82, 2.24) is 0 Å². The molecule has 0 aromatic heterocycles. The Kier molecular flexibility index (Phi) is 8.56. The monoisotopic (exact) mass is 398 g/mol. The van der Waals surface area contributed by atoms with Crippen LogP contribution in [0.1, 0.15) is 58.9 Å². The average Bonchev–Trinajstić information content (AvgIpc) is 2.66. The molecule has 1 aliphatic carbocycles. The number of carbonyl (C=O) groups is 1. The van der Waals surface area contributed by atoms with E-state index in [0.29, 0.717) is 17.2 Å². The van der Waals surface area contributed by atoms with Crippen LogP contribution >= 0.6 is 0 Å². The minimum atomic E-state index is -0.371. The number of rotatable bonds is 5. The van der Waals surface area contributed by atoms with E-state index < -0.39 is 0 Å². The first-order chi connectivity index (χ1) is 13.8. The molecule has 0 heterocycles. The van der Waals surface area contributed by atoms with E-state index in [1.807, 2.05) is 0 Å². The number of esters is 1. The van der Waals surface area contributed by atoms with Crippen LogP contribution in [0.5, 0.6) is 11.5 Å². The molecule has 1 N–H and O–H groups in total. The molecular formula is C25H34O4. The normalized spacial score (nSPS) is 20.9. The summed E-state index contributed by atoms with van der Waals surface area (Å²) in [7, 11) is 1.50. The molecule has 1 aliphatic rings. The Morgan fingerprint density at radius 1 is 1.21 bits per heavy atom. The molecule has 0 saturated carbocycles. The maximum absolute atomic E-state index is 12.5. The number of carbonyl (C=O) groups excluding carboxylic acids is 1. The molecule has 29 heavy (non-hydrogen) atoms. The van der Waals surface area contributed by atoms with E-state index in [2.05, 4.69) is 39.8 Å². The summed E-state index contributed by atoms with van der Waals surface area (Å²) in [6.45, 7) is 8.68. The highest BCUT2D eigenvalue weighted by atomic mass is 16.5. The van der Waals surface area contributed by atoms with Crippen molar-refractivity contribution < 1.29 is 19.4 Å². The molecule has 0 fully saturated rings. The maximum Gasteiger partial charge on any atom is 0.331 e. The number of benzene rings is 1. The Morgan fingerprint density at radius 3 is 2.62 bits per heavy atom. The summed E-state index contributed by atoms with van der Waals surface area (Å²) < 4.78 is 10.9. The van der Waals surface area contributed by atoms with Gasteiger partial charge in [-0.05, 0) is 75.3 Å². The summed E-state index contributed by atoms with van der Waals surface area (Å²) in [6, 6.07) is 5.00. The fourth-order valence-electron chi connectivity index (χ4n) is 3.68. The summed E-state index contributed by atoms with van der Waals surface area (Å²) >= 11 is 0. The van der Waals surface area contributed by atoms with Crippen molar-refractivity contribution in [2.45, 2.75) is 59.5 Å². The second-order valence-corrected chi connectivity index (χ2v) is 8.21. The van der Waals surface area contributed by atoms with Crippen LogP contribution in [-0.4, -0.2) is 24.3 Å². The van der Waals surface area contributed by atoms with E-state index in [0.717, 1.165) is 25.7 Å². The third-order valence-corrected chi connectivity index (χ3v) is 5.50. The molecule has 4 heteroatoms. The highest BCUT2D eigenvalue weighted by molar-refractivity contribution is 5.87. The first-order valence-electron chi connectivity index (χ1n) is 10.4. The summed E-state index contributed by atoms with van der Waals surface area (Å²) in [5.74, 6) is 0.748. The number of ether oxygens (including phenoxy) is 2. The number of methoxy groups -OCH3 is 1. The van der Waals surface area contributed by atoms with Gasteiger partial charge in [0.1, 0.15) is 6.10 Å². The largest absolute Gasteiger partial charge is 0.504 e. The standard InChI is InChI=1S/C25H34O4/c1-17(2)21-12-9-18(3)7-6-8-19(4)15-24(21)29-25(27)14-11-20-10-13-23(28-5)22(26)16-20/h7,10-11,13-17,21,24,26H,6,8-9,12H2,1-5H3/t21-,24-/m0/s1. The number of phenols is 1. The molecule has 158 valence electrons. The summed E-state index contributed by atoms with van der Waals surface area (Å²) in [6.07, 6.45) is 11.3. The molecule has 0 unspecified atom stereocenters. The Hall–Kier alpha value is -2.49. The fraction of sp³-hybridized carbons (Fsp3) is 0.480. The van der Waals surface area contributed by atoms with Gasteiger partial charge in [-0.2, -0.15) is 0 Å². The van der Waals surface area contributed by atoms with Crippen LogP contribution in [0.3, 0.4) is 0 Å². The van der Waals surface area contributed by atoms with Crippen molar-refractivity contribution in [2.75, 3.05) is 7.11 Å². The zero-order chi connectivity index (χ0) is 21.4. The van der Waals surface area contributed by atoms with Crippen molar-refractivity contribution in [3.63, 3.8) is 0 Å². The van der Waals surface area contributed by atoms with Gasteiger partial charge in [0.15, 0.2) is 11.5 Å². The van der Waals surface area contributed by atoms with Crippen molar-refractivity contribution in [3.8, 4) is 11.5 Å². The molecule has 1 aromatic rings. The van der Waals surface area contributed by atoms with Crippen molar-refractivity contribution >= 4 is 12.0 Å². The van der Waals surface area contributed by atoms with Gasteiger partial charge in [-0.1, -0.05) is 37.1 Å². The topological polar surface area (TPSA) is 55.8 Å². The lowest BCUT2D eigenvalue weighted by Gasteiger charge is -2.29. The number of aromatic hydroxyl groups is 1. The quantitative estimate of drug-likeness (QED) is 0.372. The number of hydrogen-bond donors (Lipinski definition) is 1. The summed E-state index contributed by atoms with van der Waals surface area (Å²) in [5, 5.41) is 9.88. The molecule has 0 bridgehead atoms. The second kappa shape index (κ2) is 10.9. The van der Waals surface area contributed by atoms with E-state index in [1.165, 1.54) is 24.3 Å². The van der Waals surface area contributed by atoms with Gasteiger partial charge < -0.3 is 14.6 Å². The first-order valence-corrected chi connectivity index (χ1v) is 10.4. The van der Waals surface area contributed by atoms with Crippen LogP contribution in [0.25, 0.3) is 6.08 Å². The molecule has 0 spiro atoms. The Morgan fingerprint density at radius 2 is 1.97 bits per heavy atom. The van der Waals surface area contributed by atoms with Crippen LogP contribution < -0.4 is 4.74 Å². The van der Waals surface area contributed by atoms with Crippen molar-refractivity contribution in [3.05, 3.63) is 53.1 Å². The summed E-state index contributed by atoms with van der Waals surface area (Å²) in [5.41, 5.74) is 3.37. The van der Waals surface area contributed by atoms with Crippen LogP contribution in [0.2, 0.25) is 0 Å². The van der Waals surface area contributed by atoms with Crippen LogP contribution in [0, 0.1) is 11.8 Å². The highest BCUT2D eigenvalue weighted by Crippen LogP contribution is 2.29. The van der Waals surface area contributed by atoms with Gasteiger partial charge in [-0.25, -0.2) is 4.79 Å². The Bertz CT molecular complexity index is 786. The van der Waals surface area contributed by atoms with Crippen LogP contribution in [-0.2, 0) is 9.53 Å². The smallest absolute Gasteiger partial charge is 0.331 e. The van der Waals surface area contributed by atoms with Gasteiger partial charge in [0, 0.05) is 12.0 Å². The third kappa shape index (κ3) is 7.12. The van der Waals surface area contributed by atoms with Gasteiger partial charge in [0.25, 0.3) is 0 Å². The zero-order valence-electron chi connectivity index (χ0n) is 18.3. The number of hydrogen-bond acceptors (Lipinski definition) is 4. The first kappa shape index (κ1) is 22.8. The molecule has 4 nitrogen and oxygen atoms in total. The Labute approximate surface area is 174 Å². The lowest BCUT2D eigenvalue weighted by Crippen LogP contribution is -2.29. The lowest BCUT2D eigenvalue weighted by atomic mass is 9.83. The van der Waals surface area contributed by atoms with E-state index in [1.54, 1.807) is 24.3 Å². The third-order valence-electron chi connectivity index (χ3n) is 5.50. The molecule has 0 radical (unpaired) electrons. The molecule has 1 aromatic carbocycles. The molecule has 0 amide bonds. The molecule has 0 aliphatic heterocycles. The maximum atomic E-state index is 12.5. The average molecular weight is 399 g/mol. The molecule has 2 rings (SSSR count). The molecule has 0 saturated heterocycles. The van der Waals surface area contributed by atoms with E-state index >= 15 is 0 Å². The minimum absolute atomic E-state index is 0.0391. The van der Waals surface area contributed by atoms with Crippen molar-refractivity contribution in [2.24, 2.45) is 11.8 Å². The molecular weight excluding hydrogens is 364 g/mol. The van der Waals surface area contributed by atoms with E-state index in [4.69, 9.17) is 9.47 Å². The second-order valence-electron chi connectivity index (χ2n) is 8.21. The zero-order valence-corrected chi connectivity index (χ0v) is 18.3. The minimum Gasteiger partial charge on any atom is -0.504 e.